The van der Waals surface area contributed by atoms with Gasteiger partial charge in [-0.25, -0.2) is 0 Å². The highest BCUT2D eigenvalue weighted by molar-refractivity contribution is 7.98. The first-order valence-corrected chi connectivity index (χ1v) is 9.03. The maximum atomic E-state index is 11.5. The maximum Gasteiger partial charge on any atom is 0.322 e. The molecule has 0 aliphatic heterocycles. The predicted molar refractivity (Wildman–Crippen MR) is 84.5 cm³/mol. The van der Waals surface area contributed by atoms with Gasteiger partial charge in [0.25, 0.3) is 0 Å². The average Bonchev–Trinajstić information content (AvgIpc) is 2.42. The van der Waals surface area contributed by atoms with Crippen LogP contribution in [0.4, 0.5) is 0 Å². The smallest absolute Gasteiger partial charge is 0.322 e. The molecule has 4 heteroatoms. The van der Waals surface area contributed by atoms with Crippen LogP contribution in [0.2, 0.25) is 0 Å². The molecule has 0 aliphatic rings. The van der Waals surface area contributed by atoms with E-state index in [0.717, 1.165) is 18.6 Å². The van der Waals surface area contributed by atoms with E-state index in [4.69, 9.17) is 10.5 Å². The molecule has 1 atom stereocenters. The Morgan fingerprint density at radius 2 is 1.68 bits per heavy atom. The molecule has 0 fully saturated rings. The Bertz CT molecular complexity index is 212. The molecule has 0 aliphatic carbocycles. The van der Waals surface area contributed by atoms with Crippen LogP contribution in [-0.2, 0) is 9.53 Å². The Hall–Kier alpha value is -0.220. The molecule has 0 saturated carbocycles. The summed E-state index contributed by atoms with van der Waals surface area (Å²) in [4.78, 5) is 11.5. The largest absolute Gasteiger partial charge is 0.465 e. The van der Waals surface area contributed by atoms with E-state index in [1.807, 2.05) is 6.26 Å². The summed E-state index contributed by atoms with van der Waals surface area (Å²) in [5.74, 6) is 0.672. The van der Waals surface area contributed by atoms with Crippen LogP contribution in [0, 0.1) is 0 Å². The van der Waals surface area contributed by atoms with E-state index in [9.17, 15) is 4.79 Å². The first kappa shape index (κ1) is 18.8. The molecule has 19 heavy (non-hydrogen) atoms. The van der Waals surface area contributed by atoms with Crippen molar-refractivity contribution in [1.82, 2.24) is 0 Å². The number of rotatable bonds is 13. The molecule has 0 aromatic carbocycles. The number of esters is 1. The lowest BCUT2D eigenvalue weighted by molar-refractivity contribution is -0.145. The molecule has 2 N–H and O–H groups in total. The highest BCUT2D eigenvalue weighted by Crippen LogP contribution is 2.08. The zero-order valence-corrected chi connectivity index (χ0v) is 13.5. The molecule has 0 spiro atoms. The fourth-order valence-electron chi connectivity index (χ4n) is 1.88. The van der Waals surface area contributed by atoms with Gasteiger partial charge in [0.1, 0.15) is 6.04 Å². The van der Waals surface area contributed by atoms with Gasteiger partial charge in [0.05, 0.1) is 6.61 Å². The summed E-state index contributed by atoms with van der Waals surface area (Å²) in [6, 6.07) is -0.443. The maximum absolute atomic E-state index is 11.5. The number of nitrogens with two attached hydrogens (primary N) is 1. The van der Waals surface area contributed by atoms with Gasteiger partial charge < -0.3 is 10.5 Å². The number of ether oxygens (including phenoxy) is 1. The van der Waals surface area contributed by atoms with Gasteiger partial charge in [-0.3, -0.25) is 4.79 Å². The van der Waals surface area contributed by atoms with E-state index < -0.39 is 6.04 Å². The van der Waals surface area contributed by atoms with E-state index in [-0.39, 0.29) is 5.97 Å². The summed E-state index contributed by atoms with van der Waals surface area (Å²) in [6.07, 6.45) is 12.7. The van der Waals surface area contributed by atoms with Crippen LogP contribution in [-0.4, -0.2) is 30.6 Å². The Morgan fingerprint density at radius 3 is 2.26 bits per heavy atom. The zero-order valence-electron chi connectivity index (χ0n) is 12.7. The average molecular weight is 289 g/mol. The molecule has 0 aromatic heterocycles. The second-order valence-electron chi connectivity index (χ2n) is 5.03. The van der Waals surface area contributed by atoms with Crippen LogP contribution in [0.15, 0.2) is 0 Å². The second kappa shape index (κ2) is 14.2. The quantitative estimate of drug-likeness (QED) is 0.414. The standard InChI is InChI=1S/C15H31NO2S/c1-3-4-5-6-7-8-9-10-12-18-15(17)14(16)11-13-19-2/h14H,3-13,16H2,1-2H3/t14-/m0/s1. The van der Waals surface area contributed by atoms with E-state index in [0.29, 0.717) is 13.0 Å². The summed E-state index contributed by atoms with van der Waals surface area (Å²) < 4.78 is 5.17. The van der Waals surface area contributed by atoms with Crippen molar-refractivity contribution in [2.75, 3.05) is 18.6 Å². The first-order chi connectivity index (χ1) is 9.22. The molecule has 0 bridgehead atoms. The molecular formula is C15H31NO2S. The minimum atomic E-state index is -0.443. The normalized spacial score (nSPS) is 12.4. The summed E-state index contributed by atoms with van der Waals surface area (Å²) in [5, 5.41) is 0. The Kier molecular flexibility index (Phi) is 14.0. The highest BCUT2D eigenvalue weighted by Gasteiger charge is 2.13. The number of hydrogen-bond acceptors (Lipinski definition) is 4. The predicted octanol–water partition coefficient (Wildman–Crippen LogP) is 3.75. The number of carbonyl (C=O) groups excluding carboxylic acids is 1. The summed E-state index contributed by atoms with van der Waals surface area (Å²) in [5.41, 5.74) is 5.72. The minimum absolute atomic E-state index is 0.239. The topological polar surface area (TPSA) is 52.3 Å². The van der Waals surface area contributed by atoms with Gasteiger partial charge in [0.15, 0.2) is 0 Å². The van der Waals surface area contributed by atoms with Gasteiger partial charge in [0.2, 0.25) is 0 Å². The monoisotopic (exact) mass is 289 g/mol. The minimum Gasteiger partial charge on any atom is -0.465 e. The molecular weight excluding hydrogens is 258 g/mol. The van der Waals surface area contributed by atoms with Crippen molar-refractivity contribution >= 4 is 17.7 Å². The molecule has 0 aromatic rings. The molecule has 0 heterocycles. The van der Waals surface area contributed by atoms with Gasteiger partial charge >= 0.3 is 5.97 Å². The molecule has 0 unspecified atom stereocenters. The van der Waals surface area contributed by atoms with Crippen molar-refractivity contribution < 1.29 is 9.53 Å². The van der Waals surface area contributed by atoms with Gasteiger partial charge in [-0.15, -0.1) is 0 Å². The molecule has 0 amide bonds. The highest BCUT2D eigenvalue weighted by atomic mass is 32.2. The van der Waals surface area contributed by atoms with Gasteiger partial charge in [-0.05, 0) is 24.9 Å². The van der Waals surface area contributed by atoms with Gasteiger partial charge in [0, 0.05) is 0 Å². The fraction of sp³-hybridized carbons (Fsp3) is 0.933. The van der Waals surface area contributed by atoms with Crippen molar-refractivity contribution in [2.24, 2.45) is 5.73 Å². The second-order valence-corrected chi connectivity index (χ2v) is 6.02. The number of thioether (sulfide) groups is 1. The number of hydrogen-bond donors (Lipinski definition) is 1. The van der Waals surface area contributed by atoms with Crippen molar-refractivity contribution in [2.45, 2.75) is 70.8 Å². The third-order valence-corrected chi connectivity index (χ3v) is 3.82. The van der Waals surface area contributed by atoms with E-state index in [2.05, 4.69) is 6.92 Å². The lowest BCUT2D eigenvalue weighted by Gasteiger charge is -2.10. The SMILES string of the molecule is CCCCCCCCCCOC(=O)[C@@H](N)CCSC. The van der Waals surface area contributed by atoms with Gasteiger partial charge in [-0.2, -0.15) is 11.8 Å². The molecule has 114 valence electrons. The van der Waals surface area contributed by atoms with Crippen molar-refractivity contribution in [3.63, 3.8) is 0 Å². The van der Waals surface area contributed by atoms with Gasteiger partial charge in [-0.1, -0.05) is 51.9 Å². The third kappa shape index (κ3) is 12.6. The molecule has 0 radical (unpaired) electrons. The summed E-state index contributed by atoms with van der Waals surface area (Å²) >= 11 is 1.70. The summed E-state index contributed by atoms with van der Waals surface area (Å²) in [7, 11) is 0. The molecule has 0 rings (SSSR count). The van der Waals surface area contributed by atoms with Crippen molar-refractivity contribution in [1.29, 1.82) is 0 Å². The first-order valence-electron chi connectivity index (χ1n) is 7.63. The van der Waals surface area contributed by atoms with E-state index in [1.54, 1.807) is 11.8 Å². The molecule has 3 nitrogen and oxygen atoms in total. The van der Waals surface area contributed by atoms with Crippen LogP contribution in [0.25, 0.3) is 0 Å². The number of unbranched alkanes of at least 4 members (excludes halogenated alkanes) is 7. The van der Waals surface area contributed by atoms with Crippen molar-refractivity contribution in [3.8, 4) is 0 Å². The van der Waals surface area contributed by atoms with Crippen LogP contribution < -0.4 is 5.73 Å². The number of carbonyl (C=O) groups is 1. The van der Waals surface area contributed by atoms with Crippen LogP contribution in [0.1, 0.15) is 64.7 Å². The van der Waals surface area contributed by atoms with E-state index >= 15 is 0 Å². The van der Waals surface area contributed by atoms with Crippen molar-refractivity contribution in [3.05, 3.63) is 0 Å². The Morgan fingerprint density at radius 1 is 1.11 bits per heavy atom. The van der Waals surface area contributed by atoms with E-state index in [1.165, 1.54) is 38.5 Å². The lowest BCUT2D eigenvalue weighted by Crippen LogP contribution is -2.33. The Balaban J connectivity index is 3.27. The summed E-state index contributed by atoms with van der Waals surface area (Å²) in [6.45, 7) is 2.76. The van der Waals surface area contributed by atoms with Crippen LogP contribution >= 0.6 is 11.8 Å². The Labute approximate surface area is 123 Å². The zero-order chi connectivity index (χ0) is 14.3. The lowest BCUT2D eigenvalue weighted by atomic mass is 10.1. The van der Waals surface area contributed by atoms with Crippen LogP contribution in [0.5, 0.6) is 0 Å². The van der Waals surface area contributed by atoms with Crippen LogP contribution in [0.3, 0.4) is 0 Å². The fourth-order valence-corrected chi connectivity index (χ4v) is 2.37. The molecule has 0 saturated heterocycles. The third-order valence-electron chi connectivity index (χ3n) is 3.18.